The molecule has 0 spiro atoms. The molecule has 32 heavy (non-hydrogen) atoms. The first-order valence-electron chi connectivity index (χ1n) is 11.8. The van der Waals surface area contributed by atoms with Gasteiger partial charge in [-0.05, 0) is 86.1 Å². The van der Waals surface area contributed by atoms with Gasteiger partial charge in [0.15, 0.2) is 0 Å². The van der Waals surface area contributed by atoms with Gasteiger partial charge in [0.2, 0.25) is 5.91 Å². The van der Waals surface area contributed by atoms with Crippen molar-refractivity contribution in [3.8, 4) is 10.6 Å². The highest BCUT2D eigenvalue weighted by atomic mass is 32.1. The van der Waals surface area contributed by atoms with E-state index in [-0.39, 0.29) is 29.5 Å². The van der Waals surface area contributed by atoms with Crippen molar-refractivity contribution in [3.05, 3.63) is 52.1 Å². The highest BCUT2D eigenvalue weighted by Crippen LogP contribution is 2.61. The van der Waals surface area contributed by atoms with E-state index >= 15 is 0 Å². The first kappa shape index (κ1) is 20.2. The monoisotopic (exact) mass is 447 g/mol. The smallest absolute Gasteiger partial charge is 0.275 e. The lowest BCUT2D eigenvalue weighted by Gasteiger charge is -2.59. The van der Waals surface area contributed by atoms with Crippen molar-refractivity contribution >= 4 is 28.0 Å². The highest BCUT2D eigenvalue weighted by molar-refractivity contribution is 7.13. The molecule has 6 heteroatoms. The molecule has 4 aliphatic rings. The second-order valence-corrected chi connectivity index (χ2v) is 11.4. The number of nitrogens with one attached hydrogen (secondary N) is 1. The molecule has 1 N–H and O–H groups in total. The Morgan fingerprint density at radius 1 is 1.09 bits per heavy atom. The Labute approximate surface area is 191 Å². The topological polar surface area (TPSA) is 64.0 Å². The summed E-state index contributed by atoms with van der Waals surface area (Å²) in [6, 6.07) is 11.7. The summed E-state index contributed by atoms with van der Waals surface area (Å²) in [5, 5.41) is 11.4. The van der Waals surface area contributed by atoms with Gasteiger partial charge in [-0.2, -0.15) is 5.10 Å². The minimum absolute atomic E-state index is 0.0429. The Morgan fingerprint density at radius 3 is 2.38 bits per heavy atom. The van der Waals surface area contributed by atoms with Crippen molar-refractivity contribution in [1.29, 1.82) is 0 Å². The summed E-state index contributed by atoms with van der Waals surface area (Å²) in [5.41, 5.74) is 0.796. The molecule has 4 bridgehead atoms. The largest absolute Gasteiger partial charge is 0.351 e. The molecule has 1 amide bonds. The van der Waals surface area contributed by atoms with Crippen LogP contribution in [0.2, 0.25) is 0 Å². The van der Waals surface area contributed by atoms with Crippen LogP contribution >= 0.6 is 11.3 Å². The van der Waals surface area contributed by atoms with Crippen LogP contribution in [0.3, 0.4) is 0 Å². The molecule has 0 aliphatic heterocycles. The van der Waals surface area contributed by atoms with Gasteiger partial charge in [-0.1, -0.05) is 24.3 Å². The number of amides is 1. The molecule has 2 heterocycles. The summed E-state index contributed by atoms with van der Waals surface area (Å²) in [5.74, 6) is 2.42. The van der Waals surface area contributed by atoms with Crippen molar-refractivity contribution < 1.29 is 4.79 Å². The highest BCUT2D eigenvalue weighted by Gasteiger charge is 2.53. The lowest BCUT2D eigenvalue weighted by molar-refractivity contribution is -0.126. The number of thiophene rings is 1. The zero-order valence-corrected chi connectivity index (χ0v) is 19.2. The van der Waals surface area contributed by atoms with Crippen molar-refractivity contribution in [2.24, 2.45) is 23.2 Å². The maximum atomic E-state index is 13.1. The van der Waals surface area contributed by atoms with Gasteiger partial charge in [0.1, 0.15) is 12.2 Å². The molecule has 0 unspecified atom stereocenters. The van der Waals surface area contributed by atoms with Crippen LogP contribution in [0.15, 0.2) is 46.6 Å². The summed E-state index contributed by atoms with van der Waals surface area (Å²) < 4.78 is 1.35. The number of aromatic nitrogens is 2. The van der Waals surface area contributed by atoms with Gasteiger partial charge in [0, 0.05) is 11.4 Å². The maximum absolute atomic E-state index is 13.1. The third-order valence-corrected chi connectivity index (χ3v) is 9.17. The Kier molecular flexibility index (Phi) is 4.75. The minimum atomic E-state index is -0.210. The van der Waals surface area contributed by atoms with E-state index in [0.29, 0.717) is 5.39 Å². The molecule has 2 aromatic heterocycles. The van der Waals surface area contributed by atoms with E-state index in [1.165, 1.54) is 43.2 Å². The molecule has 0 saturated heterocycles. The number of hydrogen-bond acceptors (Lipinski definition) is 4. The van der Waals surface area contributed by atoms with Crippen LogP contribution in [-0.2, 0) is 11.3 Å². The van der Waals surface area contributed by atoms with Crippen molar-refractivity contribution in [3.63, 3.8) is 0 Å². The predicted molar refractivity (Wildman–Crippen MR) is 128 cm³/mol. The summed E-state index contributed by atoms with van der Waals surface area (Å²) in [4.78, 5) is 27.2. The summed E-state index contributed by atoms with van der Waals surface area (Å²) in [6.45, 7) is 2.14. The van der Waals surface area contributed by atoms with Crippen LogP contribution < -0.4 is 10.9 Å². The van der Waals surface area contributed by atoms with E-state index in [9.17, 15) is 9.59 Å². The normalized spacial score (nSPS) is 29.3. The quantitative estimate of drug-likeness (QED) is 0.608. The minimum Gasteiger partial charge on any atom is -0.351 e. The third-order valence-electron chi connectivity index (χ3n) is 8.30. The van der Waals surface area contributed by atoms with Crippen LogP contribution in [0, 0.1) is 23.2 Å². The van der Waals surface area contributed by atoms with Gasteiger partial charge in [0.05, 0.1) is 10.3 Å². The molecule has 7 rings (SSSR count). The first-order valence-corrected chi connectivity index (χ1v) is 12.7. The lowest BCUT2D eigenvalue weighted by Crippen LogP contribution is -2.56. The van der Waals surface area contributed by atoms with Gasteiger partial charge in [0.25, 0.3) is 5.56 Å². The second kappa shape index (κ2) is 7.55. The van der Waals surface area contributed by atoms with Crippen LogP contribution in [0.5, 0.6) is 0 Å². The van der Waals surface area contributed by atoms with Gasteiger partial charge >= 0.3 is 0 Å². The molecule has 4 saturated carbocycles. The van der Waals surface area contributed by atoms with Crippen molar-refractivity contribution in [1.82, 2.24) is 15.1 Å². The first-order chi connectivity index (χ1) is 15.5. The fraction of sp³-hybridized carbons (Fsp3) is 0.500. The fourth-order valence-electron chi connectivity index (χ4n) is 7.22. The SMILES string of the molecule is C[C@H](NC(=O)Cn1nc(-c2cccs2)c2ccccc2c1=O)C12CC3CC(CC(C3)C1)C2. The van der Waals surface area contributed by atoms with Crippen LogP contribution in [0.4, 0.5) is 0 Å². The van der Waals surface area contributed by atoms with E-state index < -0.39 is 0 Å². The summed E-state index contributed by atoms with van der Waals surface area (Å²) in [7, 11) is 0. The Morgan fingerprint density at radius 2 is 1.75 bits per heavy atom. The van der Waals surface area contributed by atoms with Crippen LogP contribution in [0.1, 0.15) is 45.4 Å². The third kappa shape index (κ3) is 3.31. The van der Waals surface area contributed by atoms with Gasteiger partial charge in [-0.15, -0.1) is 11.3 Å². The maximum Gasteiger partial charge on any atom is 0.275 e. The second-order valence-electron chi connectivity index (χ2n) is 10.4. The zero-order chi connectivity index (χ0) is 21.9. The molecule has 4 fully saturated rings. The van der Waals surface area contributed by atoms with E-state index in [4.69, 9.17) is 0 Å². The lowest BCUT2D eigenvalue weighted by atomic mass is 9.48. The standard InChI is InChI=1S/C26H29N3O2S/c1-16(26-12-17-9-18(13-26)11-19(10-17)14-26)27-23(30)15-29-25(31)21-6-3-2-5-20(21)24(28-29)22-7-4-8-32-22/h2-8,16-19H,9-15H2,1H3,(H,27,30)/t16-,17?,18?,19?,26?/m0/s1. The van der Waals surface area contributed by atoms with Crippen LogP contribution in [-0.4, -0.2) is 21.7 Å². The number of benzene rings is 1. The van der Waals surface area contributed by atoms with Gasteiger partial charge in [-0.25, -0.2) is 4.68 Å². The average molecular weight is 448 g/mol. The van der Waals surface area contributed by atoms with E-state index in [2.05, 4.69) is 17.3 Å². The number of fused-ring (bicyclic) bond motifs is 1. The van der Waals surface area contributed by atoms with E-state index in [1.807, 2.05) is 41.8 Å². The fourth-order valence-corrected chi connectivity index (χ4v) is 7.95. The average Bonchev–Trinajstić information content (AvgIpc) is 3.29. The summed E-state index contributed by atoms with van der Waals surface area (Å²) >= 11 is 1.59. The van der Waals surface area contributed by atoms with Gasteiger partial charge < -0.3 is 5.32 Å². The Balaban J connectivity index is 1.27. The molecular weight excluding hydrogens is 418 g/mol. The Hall–Kier alpha value is -2.47. The molecule has 1 atom stereocenters. The molecule has 1 aromatic carbocycles. The number of carbonyl (C=O) groups excluding carboxylic acids is 1. The molecule has 0 radical (unpaired) electrons. The number of nitrogens with zero attached hydrogens (tertiary/aromatic N) is 2. The van der Waals surface area contributed by atoms with E-state index in [1.54, 1.807) is 11.3 Å². The molecule has 3 aromatic rings. The van der Waals surface area contributed by atoms with Crippen molar-refractivity contribution in [2.45, 2.75) is 58.0 Å². The Bertz CT molecular complexity index is 1190. The molecule has 4 aliphatic carbocycles. The number of carbonyl (C=O) groups is 1. The summed E-state index contributed by atoms with van der Waals surface area (Å²) in [6.07, 6.45) is 7.91. The molecular formula is C26H29N3O2S. The van der Waals surface area contributed by atoms with Crippen LogP contribution in [0.25, 0.3) is 21.3 Å². The van der Waals surface area contributed by atoms with Gasteiger partial charge in [-0.3, -0.25) is 9.59 Å². The zero-order valence-electron chi connectivity index (χ0n) is 18.4. The van der Waals surface area contributed by atoms with E-state index in [0.717, 1.165) is 33.7 Å². The van der Waals surface area contributed by atoms with Crippen molar-refractivity contribution in [2.75, 3.05) is 0 Å². The number of rotatable bonds is 5. The molecule has 166 valence electrons. The molecule has 5 nitrogen and oxygen atoms in total. The predicted octanol–water partition coefficient (Wildman–Crippen LogP) is 4.85. The number of hydrogen-bond donors (Lipinski definition) is 1.